The Labute approximate surface area is 155 Å². The summed E-state index contributed by atoms with van der Waals surface area (Å²) in [5.74, 6) is 1.31. The van der Waals surface area contributed by atoms with Crippen LogP contribution in [0.2, 0.25) is 0 Å². The van der Waals surface area contributed by atoms with Crippen LogP contribution in [0.15, 0.2) is 42.9 Å². The lowest BCUT2D eigenvalue weighted by Crippen LogP contribution is -2.38. The van der Waals surface area contributed by atoms with Crippen LogP contribution in [0.4, 0.5) is 0 Å². The van der Waals surface area contributed by atoms with Crippen molar-refractivity contribution >= 4 is 22.6 Å². The molecule has 136 valence electrons. The molecule has 1 aliphatic rings. The maximum Gasteiger partial charge on any atom is 0.255 e. The van der Waals surface area contributed by atoms with Gasteiger partial charge in [0.15, 0.2) is 5.65 Å². The smallest absolute Gasteiger partial charge is 0.255 e. The Bertz CT molecular complexity index is 1140. The van der Waals surface area contributed by atoms with Crippen LogP contribution < -0.4 is 0 Å². The molecular weight excluding hydrogens is 342 g/mol. The van der Waals surface area contributed by atoms with Crippen LogP contribution in [-0.4, -0.2) is 53.3 Å². The summed E-state index contributed by atoms with van der Waals surface area (Å²) >= 11 is 0. The van der Waals surface area contributed by atoms with Gasteiger partial charge in [-0.05, 0) is 31.0 Å². The Balaban J connectivity index is 1.33. The molecule has 1 aliphatic heterocycles. The molecule has 0 aliphatic carbocycles. The molecule has 0 aromatic carbocycles. The first-order valence-electron chi connectivity index (χ1n) is 9.07. The van der Waals surface area contributed by atoms with Gasteiger partial charge in [-0.2, -0.15) is 5.10 Å². The van der Waals surface area contributed by atoms with Crippen molar-refractivity contribution in [3.8, 4) is 0 Å². The predicted octanol–water partition coefficient (Wildman–Crippen LogP) is 2.03. The highest BCUT2D eigenvalue weighted by Crippen LogP contribution is 2.28. The summed E-state index contributed by atoms with van der Waals surface area (Å²) in [5, 5.41) is 12.8. The second-order valence-corrected chi connectivity index (χ2v) is 6.95. The predicted molar refractivity (Wildman–Crippen MR) is 99.4 cm³/mol. The van der Waals surface area contributed by atoms with E-state index in [4.69, 9.17) is 0 Å². The van der Waals surface area contributed by atoms with Crippen LogP contribution in [0, 0.1) is 0 Å². The number of rotatable bonds is 2. The standard InChI is InChI=1S/C19H19N7O/c1-24-16-10-14(11-20-15(16)12-21-24)19(27)25-8-5-13(6-9-25)18-23-22-17-4-2-3-7-26(17)18/h2-4,7,10-13H,5-6,8-9H2,1H3. The summed E-state index contributed by atoms with van der Waals surface area (Å²) in [6.07, 6.45) is 7.10. The minimum atomic E-state index is 0.0233. The summed E-state index contributed by atoms with van der Waals surface area (Å²) < 4.78 is 3.78. The number of aromatic nitrogens is 6. The average molecular weight is 361 g/mol. The third kappa shape index (κ3) is 2.64. The first kappa shape index (κ1) is 15.9. The Morgan fingerprint density at radius 2 is 2.00 bits per heavy atom. The van der Waals surface area contributed by atoms with Gasteiger partial charge in [-0.1, -0.05) is 6.07 Å². The highest BCUT2D eigenvalue weighted by molar-refractivity contribution is 5.96. The maximum atomic E-state index is 12.9. The van der Waals surface area contributed by atoms with Crippen LogP contribution in [0.1, 0.15) is 34.9 Å². The monoisotopic (exact) mass is 361 g/mol. The van der Waals surface area contributed by atoms with E-state index in [0.29, 0.717) is 24.6 Å². The summed E-state index contributed by atoms with van der Waals surface area (Å²) in [6, 6.07) is 7.77. The van der Waals surface area contributed by atoms with Gasteiger partial charge in [-0.25, -0.2) is 0 Å². The number of aryl methyl sites for hydroxylation is 1. The van der Waals surface area contributed by atoms with E-state index in [1.54, 1.807) is 17.1 Å². The minimum Gasteiger partial charge on any atom is -0.339 e. The van der Waals surface area contributed by atoms with Crippen LogP contribution >= 0.6 is 0 Å². The SMILES string of the molecule is Cn1ncc2ncc(C(=O)N3CCC(c4nnc5ccccn45)CC3)cc21. The van der Waals surface area contributed by atoms with Crippen LogP contribution in [-0.2, 0) is 7.05 Å². The molecule has 0 N–H and O–H groups in total. The molecule has 0 radical (unpaired) electrons. The largest absolute Gasteiger partial charge is 0.339 e. The lowest BCUT2D eigenvalue weighted by atomic mass is 9.95. The number of amides is 1. The summed E-state index contributed by atoms with van der Waals surface area (Å²) in [7, 11) is 1.85. The maximum absolute atomic E-state index is 12.9. The van der Waals surface area contributed by atoms with Gasteiger partial charge in [-0.15, -0.1) is 10.2 Å². The molecule has 1 fully saturated rings. The van der Waals surface area contributed by atoms with E-state index < -0.39 is 0 Å². The Hall–Kier alpha value is -3.29. The number of likely N-dealkylation sites (tertiary alicyclic amines) is 1. The number of carbonyl (C=O) groups excluding carboxylic acids is 1. The van der Waals surface area contributed by atoms with E-state index in [1.165, 1.54) is 0 Å². The zero-order valence-corrected chi connectivity index (χ0v) is 15.0. The first-order valence-corrected chi connectivity index (χ1v) is 9.07. The molecule has 8 nitrogen and oxygen atoms in total. The van der Waals surface area contributed by atoms with Crippen LogP contribution in [0.5, 0.6) is 0 Å². The normalized spacial score (nSPS) is 15.7. The Morgan fingerprint density at radius 1 is 1.15 bits per heavy atom. The van der Waals surface area contributed by atoms with E-state index in [2.05, 4.69) is 20.3 Å². The molecule has 0 spiro atoms. The highest BCUT2D eigenvalue weighted by atomic mass is 16.2. The summed E-state index contributed by atoms with van der Waals surface area (Å²) in [6.45, 7) is 1.41. The van der Waals surface area contributed by atoms with Crippen molar-refractivity contribution in [3.63, 3.8) is 0 Å². The molecule has 8 heteroatoms. The molecule has 0 bridgehead atoms. The molecule has 1 saturated heterocycles. The van der Waals surface area contributed by atoms with Crippen molar-refractivity contribution in [2.24, 2.45) is 7.05 Å². The van der Waals surface area contributed by atoms with Crippen molar-refractivity contribution < 1.29 is 4.79 Å². The van der Waals surface area contributed by atoms with Gasteiger partial charge in [-0.3, -0.25) is 18.9 Å². The number of carbonyl (C=O) groups is 1. The molecule has 1 amide bonds. The van der Waals surface area contributed by atoms with E-state index in [9.17, 15) is 4.79 Å². The van der Waals surface area contributed by atoms with Gasteiger partial charge in [0.1, 0.15) is 11.3 Å². The molecular formula is C19H19N7O. The van der Waals surface area contributed by atoms with E-state index in [1.807, 2.05) is 46.8 Å². The minimum absolute atomic E-state index is 0.0233. The third-order valence-electron chi connectivity index (χ3n) is 5.33. The molecule has 0 saturated carbocycles. The highest BCUT2D eigenvalue weighted by Gasteiger charge is 2.27. The molecule has 0 atom stereocenters. The van der Waals surface area contributed by atoms with Crippen molar-refractivity contribution in [2.45, 2.75) is 18.8 Å². The molecule has 5 heterocycles. The van der Waals surface area contributed by atoms with E-state index >= 15 is 0 Å². The van der Waals surface area contributed by atoms with Crippen molar-refractivity contribution in [1.82, 2.24) is 34.3 Å². The van der Waals surface area contributed by atoms with Gasteiger partial charge < -0.3 is 4.90 Å². The fourth-order valence-electron chi connectivity index (χ4n) is 3.80. The zero-order chi connectivity index (χ0) is 18.4. The lowest BCUT2D eigenvalue weighted by molar-refractivity contribution is 0.0710. The number of hydrogen-bond donors (Lipinski definition) is 0. The fraction of sp³-hybridized carbons (Fsp3) is 0.316. The zero-order valence-electron chi connectivity index (χ0n) is 15.0. The van der Waals surface area contributed by atoms with Crippen LogP contribution in [0.3, 0.4) is 0 Å². The van der Waals surface area contributed by atoms with Gasteiger partial charge in [0.25, 0.3) is 5.91 Å². The number of piperidine rings is 1. The van der Waals surface area contributed by atoms with E-state index in [0.717, 1.165) is 35.3 Å². The number of pyridine rings is 2. The number of fused-ring (bicyclic) bond motifs is 2. The first-order chi connectivity index (χ1) is 13.2. The molecule has 27 heavy (non-hydrogen) atoms. The third-order valence-corrected chi connectivity index (χ3v) is 5.33. The fourth-order valence-corrected chi connectivity index (χ4v) is 3.80. The number of hydrogen-bond acceptors (Lipinski definition) is 5. The van der Waals surface area contributed by atoms with Crippen molar-refractivity contribution in [3.05, 3.63) is 54.2 Å². The Kier molecular flexibility index (Phi) is 3.63. The molecule has 0 unspecified atom stereocenters. The van der Waals surface area contributed by atoms with Crippen LogP contribution in [0.25, 0.3) is 16.7 Å². The van der Waals surface area contributed by atoms with Gasteiger partial charge in [0, 0.05) is 38.4 Å². The van der Waals surface area contributed by atoms with Gasteiger partial charge in [0.05, 0.1) is 17.3 Å². The Morgan fingerprint density at radius 3 is 2.85 bits per heavy atom. The number of nitrogens with zero attached hydrogens (tertiary/aromatic N) is 7. The van der Waals surface area contributed by atoms with Crippen molar-refractivity contribution in [1.29, 1.82) is 0 Å². The van der Waals surface area contributed by atoms with Gasteiger partial charge in [0.2, 0.25) is 0 Å². The molecule has 4 aromatic heterocycles. The summed E-state index contributed by atoms with van der Waals surface area (Å²) in [5.41, 5.74) is 3.14. The van der Waals surface area contributed by atoms with Gasteiger partial charge >= 0.3 is 0 Å². The average Bonchev–Trinajstić information content (AvgIpc) is 3.31. The molecule has 4 aromatic rings. The second kappa shape index (κ2) is 6.15. The van der Waals surface area contributed by atoms with E-state index in [-0.39, 0.29) is 5.91 Å². The lowest BCUT2D eigenvalue weighted by Gasteiger charge is -2.31. The molecule has 5 rings (SSSR count). The second-order valence-electron chi connectivity index (χ2n) is 6.95. The van der Waals surface area contributed by atoms with Crippen molar-refractivity contribution in [2.75, 3.05) is 13.1 Å². The topological polar surface area (TPSA) is 81.2 Å². The quantitative estimate of drug-likeness (QED) is 0.546. The summed E-state index contributed by atoms with van der Waals surface area (Å²) in [4.78, 5) is 19.2.